The number of para-hydroxylation sites is 1. The summed E-state index contributed by atoms with van der Waals surface area (Å²) < 4.78 is 5.82. The van der Waals surface area contributed by atoms with Gasteiger partial charge in [0.2, 0.25) is 0 Å². The second kappa shape index (κ2) is 5.44. The van der Waals surface area contributed by atoms with E-state index in [1.165, 1.54) is 7.11 Å². The number of methoxy groups -OCH3 is 1. The lowest BCUT2D eigenvalue weighted by Crippen LogP contribution is -2.38. The third kappa shape index (κ3) is 2.51. The van der Waals surface area contributed by atoms with Gasteiger partial charge in [-0.05, 0) is 52.4 Å². The highest BCUT2D eigenvalue weighted by molar-refractivity contribution is 14.1. The minimum Gasteiger partial charge on any atom is -0.504 e. The number of carbonyl (C=O) groups is 1. The summed E-state index contributed by atoms with van der Waals surface area (Å²) in [6, 6.07) is 10.9. The van der Waals surface area contributed by atoms with Gasteiger partial charge in [0.25, 0.3) is 5.91 Å². The van der Waals surface area contributed by atoms with E-state index in [0.29, 0.717) is 14.9 Å². The SMILES string of the molecule is COc1cc(C2NC(=O)c3ccccc3N2)cc(I)c1O. The Hall–Kier alpha value is -1.96. The number of anilines is 1. The zero-order valence-corrected chi connectivity index (χ0v) is 13.3. The predicted octanol–water partition coefficient (Wildman–Crippen LogP) is 2.86. The van der Waals surface area contributed by atoms with E-state index in [2.05, 4.69) is 10.6 Å². The van der Waals surface area contributed by atoms with Gasteiger partial charge < -0.3 is 20.5 Å². The molecule has 21 heavy (non-hydrogen) atoms. The summed E-state index contributed by atoms with van der Waals surface area (Å²) >= 11 is 2.03. The van der Waals surface area contributed by atoms with Crippen molar-refractivity contribution in [1.29, 1.82) is 0 Å². The van der Waals surface area contributed by atoms with Crippen LogP contribution in [0.3, 0.4) is 0 Å². The number of ether oxygens (including phenoxy) is 1. The van der Waals surface area contributed by atoms with Gasteiger partial charge in [-0.3, -0.25) is 4.79 Å². The molecule has 6 heteroatoms. The number of phenols is 1. The number of amides is 1. The lowest BCUT2D eigenvalue weighted by molar-refractivity contribution is 0.0935. The average Bonchev–Trinajstić information content (AvgIpc) is 2.50. The summed E-state index contributed by atoms with van der Waals surface area (Å²) in [7, 11) is 1.50. The van der Waals surface area contributed by atoms with Crippen LogP contribution in [0.5, 0.6) is 11.5 Å². The Balaban J connectivity index is 2.00. The summed E-state index contributed by atoms with van der Waals surface area (Å²) in [5, 5.41) is 16.1. The first-order chi connectivity index (χ1) is 10.1. The van der Waals surface area contributed by atoms with Gasteiger partial charge in [-0.2, -0.15) is 0 Å². The topological polar surface area (TPSA) is 70.6 Å². The maximum Gasteiger partial charge on any atom is 0.255 e. The highest BCUT2D eigenvalue weighted by Gasteiger charge is 2.25. The number of aromatic hydroxyl groups is 1. The molecule has 2 aromatic carbocycles. The Morgan fingerprint density at radius 1 is 1.24 bits per heavy atom. The molecule has 3 rings (SSSR count). The monoisotopic (exact) mass is 396 g/mol. The normalized spacial score (nSPS) is 16.7. The molecule has 1 heterocycles. The van der Waals surface area contributed by atoms with Crippen LogP contribution >= 0.6 is 22.6 Å². The van der Waals surface area contributed by atoms with E-state index in [4.69, 9.17) is 4.74 Å². The Kier molecular flexibility index (Phi) is 3.62. The number of fused-ring (bicyclic) bond motifs is 1. The molecule has 0 saturated carbocycles. The molecule has 3 N–H and O–H groups in total. The van der Waals surface area contributed by atoms with E-state index in [1.54, 1.807) is 12.1 Å². The molecule has 0 aliphatic carbocycles. The van der Waals surface area contributed by atoms with Crippen molar-refractivity contribution in [2.75, 3.05) is 12.4 Å². The fraction of sp³-hybridized carbons (Fsp3) is 0.133. The van der Waals surface area contributed by atoms with Crippen LogP contribution < -0.4 is 15.4 Å². The first kappa shape index (κ1) is 14.0. The molecule has 0 bridgehead atoms. The van der Waals surface area contributed by atoms with Crippen molar-refractivity contribution in [3.8, 4) is 11.5 Å². The van der Waals surface area contributed by atoms with Gasteiger partial charge in [-0.1, -0.05) is 12.1 Å². The lowest BCUT2D eigenvalue weighted by atomic mass is 10.1. The first-order valence-electron chi connectivity index (χ1n) is 6.33. The quantitative estimate of drug-likeness (QED) is 0.683. The maximum atomic E-state index is 12.1. The van der Waals surface area contributed by atoms with Gasteiger partial charge in [0.05, 0.1) is 16.2 Å². The summed E-state index contributed by atoms with van der Waals surface area (Å²) in [5.74, 6) is 0.354. The zero-order valence-electron chi connectivity index (χ0n) is 11.2. The van der Waals surface area contributed by atoms with E-state index in [9.17, 15) is 9.90 Å². The second-order valence-corrected chi connectivity index (χ2v) is 5.81. The molecule has 1 aliphatic heterocycles. The average molecular weight is 396 g/mol. The summed E-state index contributed by atoms with van der Waals surface area (Å²) in [6.07, 6.45) is -0.365. The predicted molar refractivity (Wildman–Crippen MR) is 87.6 cm³/mol. The van der Waals surface area contributed by atoms with Crippen LogP contribution in [0.2, 0.25) is 0 Å². The second-order valence-electron chi connectivity index (χ2n) is 4.65. The van der Waals surface area contributed by atoms with E-state index in [0.717, 1.165) is 11.3 Å². The number of rotatable bonds is 2. The van der Waals surface area contributed by atoms with E-state index < -0.39 is 0 Å². The molecule has 108 valence electrons. The minimum absolute atomic E-state index is 0.101. The van der Waals surface area contributed by atoms with Crippen LogP contribution in [0.25, 0.3) is 0 Å². The van der Waals surface area contributed by atoms with Crippen LogP contribution in [0.4, 0.5) is 5.69 Å². The van der Waals surface area contributed by atoms with Crippen molar-refractivity contribution < 1.29 is 14.6 Å². The molecule has 2 aromatic rings. The highest BCUT2D eigenvalue weighted by Crippen LogP contribution is 2.35. The molecule has 1 aliphatic rings. The number of hydrogen-bond acceptors (Lipinski definition) is 4. The first-order valence-corrected chi connectivity index (χ1v) is 7.41. The molecule has 1 unspecified atom stereocenters. The molecule has 0 radical (unpaired) electrons. The lowest BCUT2D eigenvalue weighted by Gasteiger charge is -2.28. The van der Waals surface area contributed by atoms with Gasteiger partial charge in [-0.25, -0.2) is 0 Å². The Bertz CT molecular complexity index is 718. The van der Waals surface area contributed by atoms with Crippen molar-refractivity contribution in [2.45, 2.75) is 6.17 Å². The molecule has 0 saturated heterocycles. The highest BCUT2D eigenvalue weighted by atomic mass is 127. The van der Waals surface area contributed by atoms with Crippen molar-refractivity contribution in [3.63, 3.8) is 0 Å². The number of phenolic OH excluding ortho intramolecular Hbond substituents is 1. The smallest absolute Gasteiger partial charge is 0.255 e. The molecular formula is C15H13IN2O3. The number of hydrogen-bond donors (Lipinski definition) is 3. The standard InChI is InChI=1S/C15H13IN2O3/c1-21-12-7-8(6-10(16)13(12)19)14-17-11-5-3-2-4-9(11)15(20)18-14/h2-7,14,17,19H,1H3,(H,18,20). The third-order valence-corrected chi connectivity index (χ3v) is 4.17. The Morgan fingerprint density at radius 2 is 2.00 bits per heavy atom. The van der Waals surface area contributed by atoms with Crippen LogP contribution in [0.15, 0.2) is 36.4 Å². The molecule has 0 spiro atoms. The van der Waals surface area contributed by atoms with Crippen molar-refractivity contribution in [2.24, 2.45) is 0 Å². The fourth-order valence-electron chi connectivity index (χ4n) is 2.29. The van der Waals surface area contributed by atoms with Gasteiger partial charge in [0, 0.05) is 5.69 Å². The Morgan fingerprint density at radius 3 is 2.76 bits per heavy atom. The minimum atomic E-state index is -0.365. The number of carbonyl (C=O) groups excluding carboxylic acids is 1. The molecular weight excluding hydrogens is 383 g/mol. The summed E-state index contributed by atoms with van der Waals surface area (Å²) in [4.78, 5) is 12.1. The van der Waals surface area contributed by atoms with Crippen molar-refractivity contribution >= 4 is 34.2 Å². The van der Waals surface area contributed by atoms with Gasteiger partial charge in [-0.15, -0.1) is 0 Å². The molecule has 1 atom stereocenters. The summed E-state index contributed by atoms with van der Waals surface area (Å²) in [6.45, 7) is 0. The number of benzene rings is 2. The van der Waals surface area contributed by atoms with Crippen LogP contribution in [0.1, 0.15) is 22.1 Å². The molecule has 1 amide bonds. The van der Waals surface area contributed by atoms with Gasteiger partial charge in [0.1, 0.15) is 6.17 Å². The number of nitrogens with one attached hydrogen (secondary N) is 2. The largest absolute Gasteiger partial charge is 0.504 e. The van der Waals surface area contributed by atoms with Crippen molar-refractivity contribution in [3.05, 3.63) is 51.1 Å². The maximum absolute atomic E-state index is 12.1. The van der Waals surface area contributed by atoms with E-state index >= 15 is 0 Å². The molecule has 0 aromatic heterocycles. The van der Waals surface area contributed by atoms with E-state index in [1.807, 2.05) is 46.9 Å². The fourth-order valence-corrected chi connectivity index (χ4v) is 2.92. The zero-order chi connectivity index (χ0) is 15.0. The number of halogens is 1. The third-order valence-electron chi connectivity index (χ3n) is 3.35. The molecule has 5 nitrogen and oxygen atoms in total. The Labute approximate surface area is 135 Å². The van der Waals surface area contributed by atoms with Gasteiger partial charge in [0.15, 0.2) is 11.5 Å². The van der Waals surface area contributed by atoms with Crippen molar-refractivity contribution in [1.82, 2.24) is 5.32 Å². The summed E-state index contributed by atoms with van der Waals surface area (Å²) in [5.41, 5.74) is 2.22. The van der Waals surface area contributed by atoms with Gasteiger partial charge >= 0.3 is 0 Å². The van der Waals surface area contributed by atoms with Crippen LogP contribution in [-0.4, -0.2) is 18.1 Å². The van der Waals surface area contributed by atoms with Crippen LogP contribution in [0, 0.1) is 3.57 Å². The van der Waals surface area contributed by atoms with E-state index in [-0.39, 0.29) is 17.8 Å². The molecule has 0 fully saturated rings. The van der Waals surface area contributed by atoms with Crippen LogP contribution in [-0.2, 0) is 0 Å².